The number of hydrogen-bond donors (Lipinski definition) is 1. The van der Waals surface area contributed by atoms with E-state index in [1.807, 2.05) is 36.4 Å². The van der Waals surface area contributed by atoms with Gasteiger partial charge >= 0.3 is 0 Å². The van der Waals surface area contributed by atoms with Gasteiger partial charge in [-0.15, -0.1) is 0 Å². The van der Waals surface area contributed by atoms with Crippen LogP contribution in [-0.4, -0.2) is 4.92 Å². The van der Waals surface area contributed by atoms with Gasteiger partial charge in [0.05, 0.1) is 11.5 Å². The summed E-state index contributed by atoms with van der Waals surface area (Å²) in [7, 11) is 0. The van der Waals surface area contributed by atoms with Crippen LogP contribution in [0.2, 0.25) is 0 Å². The molecule has 0 aliphatic heterocycles. The van der Waals surface area contributed by atoms with E-state index < -0.39 is 0 Å². The standard InChI is InChI=1S/C21H19N3O2/c1-14(2)12-16-13-17(22-3)9-10-19(16)23-21-18-7-5-4-6-15(18)8-11-20(21)24(25)26/h4-11,13-14,23H,12H2,1-2H3. The number of rotatable bonds is 5. The lowest BCUT2D eigenvalue weighted by Gasteiger charge is -2.16. The second kappa shape index (κ2) is 7.24. The lowest BCUT2D eigenvalue weighted by molar-refractivity contribution is -0.383. The molecule has 0 saturated carbocycles. The van der Waals surface area contributed by atoms with Crippen molar-refractivity contribution in [3.8, 4) is 0 Å². The minimum Gasteiger partial charge on any atom is -0.349 e. The molecule has 0 bridgehead atoms. The van der Waals surface area contributed by atoms with Gasteiger partial charge in [-0.3, -0.25) is 10.1 Å². The van der Waals surface area contributed by atoms with Crippen LogP contribution < -0.4 is 5.32 Å². The zero-order valence-corrected chi connectivity index (χ0v) is 14.7. The van der Waals surface area contributed by atoms with Gasteiger partial charge in [-0.2, -0.15) is 0 Å². The Bertz CT molecular complexity index is 1020. The summed E-state index contributed by atoms with van der Waals surface area (Å²) < 4.78 is 0. The molecule has 0 radical (unpaired) electrons. The van der Waals surface area contributed by atoms with Crippen LogP contribution in [0.5, 0.6) is 0 Å². The molecule has 5 heteroatoms. The Morgan fingerprint density at radius 2 is 1.92 bits per heavy atom. The highest BCUT2D eigenvalue weighted by Gasteiger charge is 2.18. The molecule has 0 aliphatic rings. The highest BCUT2D eigenvalue weighted by Crippen LogP contribution is 2.37. The average Bonchev–Trinajstić information content (AvgIpc) is 2.62. The van der Waals surface area contributed by atoms with Crippen molar-refractivity contribution >= 4 is 33.5 Å². The number of nitrogens with one attached hydrogen (secondary N) is 1. The van der Waals surface area contributed by atoms with Crippen LogP contribution in [0, 0.1) is 22.6 Å². The molecule has 0 unspecified atom stereocenters. The van der Waals surface area contributed by atoms with Crippen LogP contribution in [-0.2, 0) is 6.42 Å². The fourth-order valence-electron chi connectivity index (χ4n) is 3.06. The van der Waals surface area contributed by atoms with Crippen molar-refractivity contribution in [2.75, 3.05) is 5.32 Å². The Hall–Kier alpha value is -3.39. The minimum absolute atomic E-state index is 0.0356. The molecule has 0 aliphatic carbocycles. The van der Waals surface area contributed by atoms with Crippen molar-refractivity contribution in [3.05, 3.63) is 81.7 Å². The van der Waals surface area contributed by atoms with Crippen molar-refractivity contribution in [3.63, 3.8) is 0 Å². The molecule has 3 rings (SSSR count). The van der Waals surface area contributed by atoms with Gasteiger partial charge in [0.15, 0.2) is 5.69 Å². The maximum Gasteiger partial charge on any atom is 0.293 e. The molecule has 0 aromatic heterocycles. The van der Waals surface area contributed by atoms with E-state index in [9.17, 15) is 10.1 Å². The first-order chi connectivity index (χ1) is 12.5. The van der Waals surface area contributed by atoms with E-state index in [0.29, 0.717) is 17.3 Å². The van der Waals surface area contributed by atoms with E-state index in [2.05, 4.69) is 24.0 Å². The van der Waals surface area contributed by atoms with E-state index in [-0.39, 0.29) is 10.6 Å². The van der Waals surface area contributed by atoms with Crippen LogP contribution >= 0.6 is 0 Å². The molecular formula is C21H19N3O2. The zero-order valence-electron chi connectivity index (χ0n) is 14.7. The fraction of sp³-hybridized carbons (Fsp3) is 0.190. The van der Waals surface area contributed by atoms with Gasteiger partial charge in [0.1, 0.15) is 5.69 Å². The molecule has 130 valence electrons. The molecule has 1 N–H and O–H groups in total. The minimum atomic E-state index is -0.371. The van der Waals surface area contributed by atoms with Gasteiger partial charge in [-0.1, -0.05) is 50.2 Å². The molecule has 3 aromatic rings. The summed E-state index contributed by atoms with van der Waals surface area (Å²) in [4.78, 5) is 14.7. The Balaban J connectivity index is 2.16. The van der Waals surface area contributed by atoms with E-state index in [1.54, 1.807) is 12.1 Å². The van der Waals surface area contributed by atoms with Crippen LogP contribution in [0.1, 0.15) is 19.4 Å². The van der Waals surface area contributed by atoms with Gasteiger partial charge in [-0.05, 0) is 35.4 Å². The normalized spacial score (nSPS) is 10.7. The average molecular weight is 345 g/mol. The van der Waals surface area contributed by atoms with E-state index in [4.69, 9.17) is 6.57 Å². The second-order valence-electron chi connectivity index (χ2n) is 6.61. The molecule has 0 saturated heterocycles. The zero-order chi connectivity index (χ0) is 18.7. The molecule has 0 fully saturated rings. The largest absolute Gasteiger partial charge is 0.349 e. The van der Waals surface area contributed by atoms with Crippen LogP contribution in [0.25, 0.3) is 15.6 Å². The van der Waals surface area contributed by atoms with E-state index in [1.165, 1.54) is 6.07 Å². The molecule has 3 aromatic carbocycles. The molecule has 0 atom stereocenters. The van der Waals surface area contributed by atoms with Gasteiger partial charge in [0.2, 0.25) is 0 Å². The Kier molecular flexibility index (Phi) is 4.85. The number of nitro groups is 1. The SMILES string of the molecule is [C-]#[N+]c1ccc(Nc2c([N+](=O)[O-])ccc3ccccc23)c(CC(C)C)c1. The summed E-state index contributed by atoms with van der Waals surface area (Å²) in [6, 6.07) is 16.3. The summed E-state index contributed by atoms with van der Waals surface area (Å²) in [5.74, 6) is 0.402. The lowest BCUT2D eigenvalue weighted by atomic mass is 10.00. The second-order valence-corrected chi connectivity index (χ2v) is 6.61. The first-order valence-corrected chi connectivity index (χ1v) is 8.43. The van der Waals surface area contributed by atoms with Gasteiger partial charge in [0.25, 0.3) is 5.69 Å². The monoisotopic (exact) mass is 345 g/mol. The Morgan fingerprint density at radius 3 is 2.62 bits per heavy atom. The number of benzene rings is 3. The van der Waals surface area contributed by atoms with Crippen molar-refractivity contribution < 1.29 is 4.92 Å². The lowest BCUT2D eigenvalue weighted by Crippen LogP contribution is -2.03. The first-order valence-electron chi connectivity index (χ1n) is 8.43. The predicted octanol–water partition coefficient (Wildman–Crippen LogP) is 6.24. The fourth-order valence-corrected chi connectivity index (χ4v) is 3.06. The van der Waals surface area contributed by atoms with E-state index >= 15 is 0 Å². The number of nitrogens with zero attached hydrogens (tertiary/aromatic N) is 2. The molecule has 0 heterocycles. The summed E-state index contributed by atoms with van der Waals surface area (Å²) in [6.45, 7) is 11.4. The maximum atomic E-state index is 11.5. The number of fused-ring (bicyclic) bond motifs is 1. The van der Waals surface area contributed by atoms with Crippen molar-refractivity contribution in [1.82, 2.24) is 0 Å². The van der Waals surface area contributed by atoms with Gasteiger partial charge in [0, 0.05) is 17.1 Å². The smallest absolute Gasteiger partial charge is 0.293 e. The number of anilines is 2. The highest BCUT2D eigenvalue weighted by atomic mass is 16.6. The van der Waals surface area contributed by atoms with E-state index in [0.717, 1.165) is 28.4 Å². The Labute approximate surface area is 152 Å². The topological polar surface area (TPSA) is 59.5 Å². The van der Waals surface area contributed by atoms with Crippen molar-refractivity contribution in [1.29, 1.82) is 0 Å². The van der Waals surface area contributed by atoms with Crippen molar-refractivity contribution in [2.24, 2.45) is 5.92 Å². The molecule has 5 nitrogen and oxygen atoms in total. The molecule has 0 amide bonds. The molecule has 0 spiro atoms. The van der Waals surface area contributed by atoms with Gasteiger partial charge in [-0.25, -0.2) is 4.85 Å². The third-order valence-corrected chi connectivity index (χ3v) is 4.21. The summed E-state index contributed by atoms with van der Waals surface area (Å²) >= 11 is 0. The molecule has 26 heavy (non-hydrogen) atoms. The highest BCUT2D eigenvalue weighted by molar-refractivity contribution is 6.00. The third kappa shape index (κ3) is 3.50. The van der Waals surface area contributed by atoms with Crippen LogP contribution in [0.3, 0.4) is 0 Å². The Morgan fingerprint density at radius 1 is 1.15 bits per heavy atom. The van der Waals surface area contributed by atoms with Crippen molar-refractivity contribution in [2.45, 2.75) is 20.3 Å². The predicted molar refractivity (Wildman–Crippen MR) is 105 cm³/mol. The number of hydrogen-bond acceptors (Lipinski definition) is 3. The van der Waals surface area contributed by atoms with Gasteiger partial charge < -0.3 is 5.32 Å². The molecular weight excluding hydrogens is 326 g/mol. The first kappa shape index (κ1) is 17.4. The maximum absolute atomic E-state index is 11.5. The quantitative estimate of drug-likeness (QED) is 0.338. The summed E-state index contributed by atoms with van der Waals surface area (Å²) in [6.07, 6.45) is 0.782. The van der Waals surface area contributed by atoms with Crippen LogP contribution in [0.4, 0.5) is 22.7 Å². The summed E-state index contributed by atoms with van der Waals surface area (Å²) in [5, 5.41) is 16.6. The number of nitro benzene ring substituents is 1. The summed E-state index contributed by atoms with van der Waals surface area (Å²) in [5.41, 5.74) is 2.86. The third-order valence-electron chi connectivity index (χ3n) is 4.21. The van der Waals surface area contributed by atoms with Crippen LogP contribution in [0.15, 0.2) is 54.6 Å².